The highest BCUT2D eigenvalue weighted by Crippen LogP contribution is 2.20. The van der Waals surface area contributed by atoms with Crippen LogP contribution in [0.5, 0.6) is 0 Å². The van der Waals surface area contributed by atoms with Gasteiger partial charge in [-0.05, 0) is 68.5 Å². The lowest BCUT2D eigenvalue weighted by Crippen LogP contribution is -2.30. The molecule has 0 aliphatic rings. The number of aryl methyl sites for hydroxylation is 2. The Kier molecular flexibility index (Phi) is 9.29. The third kappa shape index (κ3) is 6.83. The molecule has 164 valence electrons. The van der Waals surface area contributed by atoms with Crippen LogP contribution >= 0.6 is 0 Å². The number of nitrogens with zero attached hydrogens (tertiary/aromatic N) is 1. The first-order valence-corrected chi connectivity index (χ1v) is 10.0. The van der Waals surface area contributed by atoms with Crippen molar-refractivity contribution in [2.45, 2.75) is 45.6 Å². The van der Waals surface area contributed by atoms with Crippen molar-refractivity contribution in [3.05, 3.63) is 64.5 Å². The van der Waals surface area contributed by atoms with E-state index in [2.05, 4.69) is 10.3 Å². The molecule has 4 N–H and O–H groups in total. The van der Waals surface area contributed by atoms with Gasteiger partial charge in [-0.15, -0.1) is 0 Å². The summed E-state index contributed by atoms with van der Waals surface area (Å²) >= 11 is 0. The monoisotopic (exact) mass is 421 g/mol. The molecule has 1 aromatic heterocycles. The van der Waals surface area contributed by atoms with E-state index in [4.69, 9.17) is 5.21 Å². The molecule has 0 aliphatic heterocycles. The second-order valence-electron chi connectivity index (χ2n) is 7.51. The van der Waals surface area contributed by atoms with Crippen LogP contribution in [0.2, 0.25) is 0 Å². The van der Waals surface area contributed by atoms with E-state index >= 15 is 0 Å². The van der Waals surface area contributed by atoms with Gasteiger partial charge < -0.3 is 10.4 Å². The largest absolute Gasteiger partial charge is 0.394 e. The Balaban J connectivity index is 1.86. The molecule has 0 unspecified atom stereocenters. The van der Waals surface area contributed by atoms with Gasteiger partial charge in [-0.2, -0.15) is 0 Å². The predicted octanol–water partition coefficient (Wildman–Crippen LogP) is 3.13. The molecule has 0 saturated heterocycles. The van der Waals surface area contributed by atoms with Gasteiger partial charge in [0.05, 0.1) is 24.5 Å². The molecule has 0 spiro atoms. The topological polar surface area (TPSA) is 94.5 Å². The average molecular weight is 421 g/mol. The first kappa shape index (κ1) is 23.9. The summed E-state index contributed by atoms with van der Waals surface area (Å²) in [7, 11) is 0. The van der Waals surface area contributed by atoms with Gasteiger partial charge in [0.15, 0.2) is 0 Å². The van der Waals surface area contributed by atoms with Crippen molar-refractivity contribution in [2.24, 2.45) is 5.92 Å². The van der Waals surface area contributed by atoms with Gasteiger partial charge in [0.1, 0.15) is 11.6 Å². The van der Waals surface area contributed by atoms with Crippen molar-refractivity contribution < 1.29 is 23.9 Å². The summed E-state index contributed by atoms with van der Waals surface area (Å²) in [5.74, 6) is -1.59. The number of aliphatic hydroxyl groups is 1. The van der Waals surface area contributed by atoms with Gasteiger partial charge in [-0.3, -0.25) is 15.0 Å². The van der Waals surface area contributed by atoms with Crippen LogP contribution in [-0.2, 0) is 11.2 Å². The SMILES string of the molecule is Cc1cc(C[C@H](CCCCN[C@H](CO)c2ccc(F)cn2)C(=O)NO)cc(C)c1F. The minimum Gasteiger partial charge on any atom is -0.394 e. The van der Waals surface area contributed by atoms with Gasteiger partial charge in [0, 0.05) is 5.92 Å². The maximum atomic E-state index is 13.8. The molecule has 1 heterocycles. The standard InChI is InChI=1S/C22H29F2N3O3/c1-14-9-16(10-15(2)21(14)24)11-17(22(29)27-30)5-3-4-8-25-20(13-28)19-7-6-18(23)12-26-19/h6-7,9-10,12,17,20,25,28,30H,3-5,8,11,13H2,1-2H3,(H,27,29)/t17-,20+/m0/s1. The zero-order chi connectivity index (χ0) is 22.1. The summed E-state index contributed by atoms with van der Waals surface area (Å²) in [5, 5.41) is 21.7. The molecule has 0 fully saturated rings. The molecule has 30 heavy (non-hydrogen) atoms. The molecule has 0 aliphatic carbocycles. The van der Waals surface area contributed by atoms with E-state index in [1.54, 1.807) is 31.5 Å². The predicted molar refractivity (Wildman–Crippen MR) is 109 cm³/mol. The van der Waals surface area contributed by atoms with Gasteiger partial charge >= 0.3 is 0 Å². The lowest BCUT2D eigenvalue weighted by Gasteiger charge is -2.18. The second-order valence-corrected chi connectivity index (χ2v) is 7.51. The van der Waals surface area contributed by atoms with Crippen molar-refractivity contribution in [1.82, 2.24) is 15.8 Å². The smallest absolute Gasteiger partial charge is 0.246 e. The first-order chi connectivity index (χ1) is 14.3. The quantitative estimate of drug-likeness (QED) is 0.254. The van der Waals surface area contributed by atoms with Crippen LogP contribution in [0, 0.1) is 31.4 Å². The molecule has 0 saturated carbocycles. The van der Waals surface area contributed by atoms with E-state index < -0.39 is 23.7 Å². The third-order valence-corrected chi connectivity index (χ3v) is 5.12. The third-order valence-electron chi connectivity index (χ3n) is 5.12. The van der Waals surface area contributed by atoms with E-state index in [1.807, 2.05) is 0 Å². The summed E-state index contributed by atoms with van der Waals surface area (Å²) in [5.41, 5.74) is 4.18. The average Bonchev–Trinajstić information content (AvgIpc) is 2.73. The normalized spacial score (nSPS) is 13.1. The maximum Gasteiger partial charge on any atom is 0.246 e. The van der Waals surface area contributed by atoms with Gasteiger partial charge in [0.25, 0.3) is 0 Å². The van der Waals surface area contributed by atoms with E-state index in [0.717, 1.165) is 18.2 Å². The van der Waals surface area contributed by atoms with Crippen LogP contribution in [0.15, 0.2) is 30.5 Å². The fourth-order valence-corrected chi connectivity index (χ4v) is 3.50. The molecule has 8 heteroatoms. The molecule has 0 radical (unpaired) electrons. The number of hydroxylamine groups is 1. The van der Waals surface area contributed by atoms with Crippen molar-refractivity contribution in [3.63, 3.8) is 0 Å². The number of hydrogen-bond donors (Lipinski definition) is 4. The summed E-state index contributed by atoms with van der Waals surface area (Å²) in [6, 6.07) is 5.88. The molecular weight excluding hydrogens is 392 g/mol. The number of pyridine rings is 1. The number of carbonyl (C=O) groups excluding carboxylic acids is 1. The van der Waals surface area contributed by atoms with Gasteiger partial charge in [0.2, 0.25) is 5.91 Å². The highest BCUT2D eigenvalue weighted by atomic mass is 19.1. The number of hydrogen-bond acceptors (Lipinski definition) is 5. The number of halogens is 2. The Bertz CT molecular complexity index is 808. The number of aliphatic hydroxyl groups excluding tert-OH is 1. The minimum atomic E-state index is -0.466. The zero-order valence-corrected chi connectivity index (χ0v) is 17.3. The number of aromatic nitrogens is 1. The van der Waals surface area contributed by atoms with Crippen LogP contribution in [0.1, 0.15) is 47.7 Å². The van der Waals surface area contributed by atoms with Crippen LogP contribution in [0.25, 0.3) is 0 Å². The lowest BCUT2D eigenvalue weighted by molar-refractivity contribution is -0.133. The Morgan fingerprint density at radius 3 is 2.43 bits per heavy atom. The number of benzene rings is 1. The molecule has 2 aromatic rings. The van der Waals surface area contributed by atoms with Crippen LogP contribution in [0.4, 0.5) is 8.78 Å². The summed E-state index contributed by atoms with van der Waals surface area (Å²) < 4.78 is 26.8. The van der Waals surface area contributed by atoms with E-state index in [0.29, 0.717) is 42.6 Å². The first-order valence-electron chi connectivity index (χ1n) is 10.0. The number of unbranched alkanes of at least 4 members (excludes halogenated alkanes) is 1. The molecule has 2 rings (SSSR count). The highest BCUT2D eigenvalue weighted by molar-refractivity contribution is 5.77. The Morgan fingerprint density at radius 1 is 1.17 bits per heavy atom. The van der Waals surface area contributed by atoms with Crippen LogP contribution in [0.3, 0.4) is 0 Å². The molecular formula is C22H29F2N3O3. The van der Waals surface area contributed by atoms with E-state index in [9.17, 15) is 18.7 Å². The lowest BCUT2D eigenvalue weighted by atomic mass is 9.91. The Hall–Kier alpha value is -2.42. The highest BCUT2D eigenvalue weighted by Gasteiger charge is 2.19. The maximum absolute atomic E-state index is 13.8. The number of carbonyl (C=O) groups is 1. The Labute approximate surface area is 175 Å². The molecule has 0 bridgehead atoms. The second kappa shape index (κ2) is 11.7. The fraction of sp³-hybridized carbons (Fsp3) is 0.455. The Morgan fingerprint density at radius 2 is 1.87 bits per heavy atom. The van der Waals surface area contributed by atoms with Gasteiger partial charge in [-0.25, -0.2) is 14.3 Å². The van der Waals surface area contributed by atoms with E-state index in [1.165, 1.54) is 12.1 Å². The summed E-state index contributed by atoms with van der Waals surface area (Å²) in [6.07, 6.45) is 3.49. The summed E-state index contributed by atoms with van der Waals surface area (Å²) in [4.78, 5) is 16.0. The number of amides is 1. The molecule has 1 aromatic carbocycles. The minimum absolute atomic E-state index is 0.169. The summed E-state index contributed by atoms with van der Waals surface area (Å²) in [6.45, 7) is 3.78. The van der Waals surface area contributed by atoms with Crippen LogP contribution in [-0.4, -0.2) is 34.4 Å². The van der Waals surface area contributed by atoms with Crippen molar-refractivity contribution >= 4 is 5.91 Å². The fourth-order valence-electron chi connectivity index (χ4n) is 3.50. The van der Waals surface area contributed by atoms with Crippen molar-refractivity contribution in [3.8, 4) is 0 Å². The zero-order valence-electron chi connectivity index (χ0n) is 17.3. The van der Waals surface area contributed by atoms with Crippen molar-refractivity contribution in [1.29, 1.82) is 0 Å². The molecule has 1 amide bonds. The van der Waals surface area contributed by atoms with Crippen molar-refractivity contribution in [2.75, 3.05) is 13.2 Å². The number of nitrogens with one attached hydrogen (secondary N) is 2. The molecule has 2 atom stereocenters. The van der Waals surface area contributed by atoms with E-state index in [-0.39, 0.29) is 12.4 Å². The van der Waals surface area contributed by atoms with Crippen LogP contribution < -0.4 is 10.8 Å². The van der Waals surface area contributed by atoms with Gasteiger partial charge in [-0.1, -0.05) is 18.6 Å². The number of rotatable bonds is 11. The molecule has 6 nitrogen and oxygen atoms in total.